The van der Waals surface area contributed by atoms with Gasteiger partial charge in [0, 0.05) is 0 Å². The van der Waals surface area contributed by atoms with Gasteiger partial charge in [-0.3, -0.25) is 0 Å². The van der Waals surface area contributed by atoms with Crippen LogP contribution < -0.4 is 0 Å². The summed E-state index contributed by atoms with van der Waals surface area (Å²) in [5.74, 6) is 0. The van der Waals surface area contributed by atoms with Crippen molar-refractivity contribution in [1.29, 1.82) is 0 Å². The molecule has 1 aromatic carbocycles. The largest absolute Gasteiger partial charge is 3.00 e. The second-order valence-electron chi connectivity index (χ2n) is 2.48. The van der Waals surface area contributed by atoms with Gasteiger partial charge in [-0.15, -0.1) is 0 Å². The van der Waals surface area contributed by atoms with Gasteiger partial charge >= 0.3 is 34.7 Å². The third kappa shape index (κ3) is 9.11. The topological polar surface area (TPSA) is 85.5 Å². The van der Waals surface area contributed by atoms with E-state index in [0.717, 1.165) is 12.8 Å². The number of rotatable bonds is 2. The molecule has 0 aliphatic heterocycles. The Hall–Kier alpha value is 0.165. The normalized spacial score (nSPS) is 6.53. The molecule has 5 heteroatoms. The van der Waals surface area contributed by atoms with E-state index in [1.165, 1.54) is 11.1 Å². The second kappa shape index (κ2) is 16.6. The predicted molar refractivity (Wildman–Crippen MR) is 58.8 cm³/mol. The van der Waals surface area contributed by atoms with E-state index in [4.69, 9.17) is 0 Å². The summed E-state index contributed by atoms with van der Waals surface area (Å²) in [7, 11) is 0. The first-order valence-electron chi connectivity index (χ1n) is 3.95. The Labute approximate surface area is 113 Å². The van der Waals surface area contributed by atoms with Crippen LogP contribution in [0.1, 0.15) is 25.0 Å². The van der Waals surface area contributed by atoms with E-state index in [-0.39, 0.29) is 51.2 Å². The van der Waals surface area contributed by atoms with Crippen LogP contribution in [0.25, 0.3) is 0 Å². The monoisotopic (exact) mass is 236 g/mol. The molecule has 0 atom stereocenters. The summed E-state index contributed by atoms with van der Waals surface area (Å²) in [5.41, 5.74) is 2.98. The first-order chi connectivity index (χ1) is 4.88. The smallest absolute Gasteiger partial charge is 2.00 e. The summed E-state index contributed by atoms with van der Waals surface area (Å²) in [6.07, 6.45) is 2.31. The van der Waals surface area contributed by atoms with Gasteiger partial charge in [-0.25, -0.2) is 0 Å². The van der Waals surface area contributed by atoms with E-state index in [0.29, 0.717) is 0 Å². The SMILES string of the molecule is CCc1ccccc1CC.[Al+3].[Al+3].[O-2].[O-2].[O-2]. The number of benzene rings is 1. The van der Waals surface area contributed by atoms with Crippen LogP contribution in [0.4, 0.5) is 0 Å². The van der Waals surface area contributed by atoms with Crippen LogP contribution in [-0.4, -0.2) is 34.7 Å². The summed E-state index contributed by atoms with van der Waals surface area (Å²) in [6, 6.07) is 8.63. The van der Waals surface area contributed by atoms with E-state index in [2.05, 4.69) is 38.1 Å². The minimum Gasteiger partial charge on any atom is -2.00 e. The molecule has 0 radical (unpaired) electrons. The first-order valence-corrected chi connectivity index (χ1v) is 3.95. The van der Waals surface area contributed by atoms with Crippen LogP contribution in [0.3, 0.4) is 0 Å². The molecule has 0 saturated carbocycles. The van der Waals surface area contributed by atoms with Crippen molar-refractivity contribution in [2.24, 2.45) is 0 Å². The van der Waals surface area contributed by atoms with Crippen molar-refractivity contribution in [2.45, 2.75) is 26.7 Å². The second-order valence-corrected chi connectivity index (χ2v) is 2.48. The van der Waals surface area contributed by atoms with Gasteiger partial charge in [-0.2, -0.15) is 0 Å². The Morgan fingerprint density at radius 3 is 1.20 bits per heavy atom. The third-order valence-electron chi connectivity index (χ3n) is 1.88. The molecule has 0 saturated heterocycles. The van der Waals surface area contributed by atoms with Crippen molar-refractivity contribution >= 4 is 34.7 Å². The molecule has 0 aliphatic rings. The zero-order chi connectivity index (χ0) is 7.40. The van der Waals surface area contributed by atoms with Crippen molar-refractivity contribution in [3.63, 3.8) is 0 Å². The summed E-state index contributed by atoms with van der Waals surface area (Å²) in [5, 5.41) is 0. The quantitative estimate of drug-likeness (QED) is 0.700. The van der Waals surface area contributed by atoms with Crippen molar-refractivity contribution < 1.29 is 16.4 Å². The average molecular weight is 236 g/mol. The summed E-state index contributed by atoms with van der Waals surface area (Å²) < 4.78 is 0. The molecule has 0 aliphatic carbocycles. The maximum absolute atomic E-state index is 2.21. The molecular formula is C10H14Al2O3. The zero-order valence-corrected chi connectivity index (χ0v) is 11.4. The molecule has 0 heterocycles. The van der Waals surface area contributed by atoms with Crippen molar-refractivity contribution in [3.05, 3.63) is 35.4 Å². The fourth-order valence-electron chi connectivity index (χ4n) is 1.25. The van der Waals surface area contributed by atoms with E-state index in [1.54, 1.807) is 0 Å². The maximum Gasteiger partial charge on any atom is 3.00 e. The molecule has 0 fully saturated rings. The molecule has 1 rings (SSSR count). The van der Waals surface area contributed by atoms with Gasteiger partial charge in [-0.1, -0.05) is 38.1 Å². The fourth-order valence-corrected chi connectivity index (χ4v) is 1.25. The van der Waals surface area contributed by atoms with Gasteiger partial charge in [0.1, 0.15) is 0 Å². The van der Waals surface area contributed by atoms with E-state index in [1.807, 2.05) is 0 Å². The van der Waals surface area contributed by atoms with Crippen LogP contribution in [0, 0.1) is 0 Å². The zero-order valence-electron chi connectivity index (χ0n) is 9.10. The first kappa shape index (κ1) is 29.4. The molecule has 78 valence electrons. The standard InChI is InChI=1S/C10H14.2Al.3O/c1-3-9-7-5-6-8-10(9)4-2;;;;;/h5-8H,3-4H2,1-2H3;;;;;/q;2*+3;3*-2. The van der Waals surface area contributed by atoms with Crippen LogP contribution in [0.5, 0.6) is 0 Å². The molecule has 0 unspecified atom stereocenters. The minimum atomic E-state index is 0. The Kier molecular flexibility index (Phi) is 32.6. The third-order valence-corrected chi connectivity index (χ3v) is 1.88. The molecule has 0 amide bonds. The molecule has 3 nitrogen and oxygen atoms in total. The number of hydrogen-bond acceptors (Lipinski definition) is 0. The molecule has 15 heavy (non-hydrogen) atoms. The van der Waals surface area contributed by atoms with Crippen molar-refractivity contribution in [1.82, 2.24) is 0 Å². The van der Waals surface area contributed by atoms with Crippen molar-refractivity contribution in [3.8, 4) is 0 Å². The number of hydrogen-bond donors (Lipinski definition) is 0. The Morgan fingerprint density at radius 2 is 1.00 bits per heavy atom. The molecule has 0 aromatic heterocycles. The summed E-state index contributed by atoms with van der Waals surface area (Å²) in [6.45, 7) is 4.41. The van der Waals surface area contributed by atoms with Crippen LogP contribution in [0.15, 0.2) is 24.3 Å². The predicted octanol–water partition coefficient (Wildman–Crippen LogP) is 1.69. The molecule has 0 spiro atoms. The molecular weight excluding hydrogens is 222 g/mol. The van der Waals surface area contributed by atoms with Gasteiger partial charge in [0.05, 0.1) is 0 Å². The Morgan fingerprint density at radius 1 is 0.733 bits per heavy atom. The van der Waals surface area contributed by atoms with Crippen LogP contribution in [0.2, 0.25) is 0 Å². The molecule has 0 bridgehead atoms. The number of aryl methyl sites for hydroxylation is 2. The van der Waals surface area contributed by atoms with Crippen LogP contribution >= 0.6 is 0 Å². The van der Waals surface area contributed by atoms with E-state index < -0.39 is 0 Å². The Bertz CT molecular complexity index is 197. The maximum atomic E-state index is 2.21. The summed E-state index contributed by atoms with van der Waals surface area (Å²) in [4.78, 5) is 0. The minimum absolute atomic E-state index is 0. The molecule has 0 N–H and O–H groups in total. The molecule has 1 aromatic rings. The van der Waals surface area contributed by atoms with Gasteiger partial charge in [0.15, 0.2) is 0 Å². The van der Waals surface area contributed by atoms with Crippen molar-refractivity contribution in [2.75, 3.05) is 0 Å². The fraction of sp³-hybridized carbons (Fsp3) is 0.400. The van der Waals surface area contributed by atoms with Gasteiger partial charge in [-0.05, 0) is 24.0 Å². The van der Waals surface area contributed by atoms with Gasteiger partial charge < -0.3 is 16.4 Å². The van der Waals surface area contributed by atoms with E-state index >= 15 is 0 Å². The Balaban J connectivity index is -0.0000000667. The van der Waals surface area contributed by atoms with E-state index in [9.17, 15) is 0 Å². The van der Waals surface area contributed by atoms with Crippen LogP contribution in [-0.2, 0) is 29.3 Å². The van der Waals surface area contributed by atoms with Gasteiger partial charge in [0.25, 0.3) is 0 Å². The average Bonchev–Trinajstić information content (AvgIpc) is 2.04. The summed E-state index contributed by atoms with van der Waals surface area (Å²) >= 11 is 0. The van der Waals surface area contributed by atoms with Gasteiger partial charge in [0.2, 0.25) is 0 Å².